The van der Waals surface area contributed by atoms with Gasteiger partial charge < -0.3 is 10.1 Å². The summed E-state index contributed by atoms with van der Waals surface area (Å²) in [4.78, 5) is 16.4. The second-order valence-electron chi connectivity index (χ2n) is 4.69. The number of halogens is 2. The number of fused-ring (bicyclic) bond motifs is 1. The zero-order chi connectivity index (χ0) is 14.8. The highest BCUT2D eigenvalue weighted by Gasteiger charge is 2.24. The van der Waals surface area contributed by atoms with Gasteiger partial charge in [-0.25, -0.2) is 4.98 Å². The van der Waals surface area contributed by atoms with Gasteiger partial charge in [-0.15, -0.1) is 0 Å². The van der Waals surface area contributed by atoms with E-state index in [-0.39, 0.29) is 17.1 Å². The van der Waals surface area contributed by atoms with Crippen LogP contribution in [0.15, 0.2) is 41.0 Å². The van der Waals surface area contributed by atoms with Gasteiger partial charge in [-0.3, -0.25) is 4.79 Å². The second kappa shape index (κ2) is 6.03. The van der Waals surface area contributed by atoms with Crippen molar-refractivity contribution in [1.29, 1.82) is 0 Å². The lowest BCUT2D eigenvalue weighted by atomic mass is 10.0. The largest absolute Gasteiger partial charge is 0.493 e. The quantitative estimate of drug-likeness (QED) is 0.823. The summed E-state index contributed by atoms with van der Waals surface area (Å²) in [7, 11) is 0. The van der Waals surface area contributed by atoms with Crippen molar-refractivity contribution in [3.8, 4) is 5.75 Å². The van der Waals surface area contributed by atoms with Gasteiger partial charge in [0.2, 0.25) is 0 Å². The van der Waals surface area contributed by atoms with Gasteiger partial charge in [0.25, 0.3) is 5.91 Å². The molecule has 1 aliphatic rings. The van der Waals surface area contributed by atoms with Crippen LogP contribution in [0.5, 0.6) is 5.75 Å². The molecule has 0 spiro atoms. The Bertz CT molecular complexity index is 693. The molecule has 0 bridgehead atoms. The van der Waals surface area contributed by atoms with E-state index >= 15 is 0 Å². The summed E-state index contributed by atoms with van der Waals surface area (Å²) >= 11 is 9.29. The number of pyridine rings is 1. The van der Waals surface area contributed by atoms with Gasteiger partial charge in [-0.05, 0) is 28.1 Å². The van der Waals surface area contributed by atoms with E-state index in [1.54, 1.807) is 12.3 Å². The highest BCUT2D eigenvalue weighted by Crippen LogP contribution is 2.32. The average molecular weight is 368 g/mol. The van der Waals surface area contributed by atoms with Gasteiger partial charge in [0.1, 0.15) is 10.9 Å². The maximum Gasteiger partial charge on any atom is 0.254 e. The van der Waals surface area contributed by atoms with E-state index in [9.17, 15) is 4.79 Å². The molecule has 0 fully saturated rings. The van der Waals surface area contributed by atoms with Gasteiger partial charge in [-0.1, -0.05) is 29.8 Å². The van der Waals surface area contributed by atoms with Crippen LogP contribution >= 0.6 is 27.5 Å². The third kappa shape index (κ3) is 3.04. The minimum atomic E-state index is -0.240. The predicted molar refractivity (Wildman–Crippen MR) is 83.7 cm³/mol. The van der Waals surface area contributed by atoms with Gasteiger partial charge in [0, 0.05) is 22.7 Å². The van der Waals surface area contributed by atoms with Gasteiger partial charge in [-0.2, -0.15) is 0 Å². The number of aromatic nitrogens is 1. The molecular weight excluding hydrogens is 356 g/mol. The van der Waals surface area contributed by atoms with Crippen molar-refractivity contribution in [1.82, 2.24) is 10.3 Å². The summed E-state index contributed by atoms with van der Waals surface area (Å²) in [6, 6.07) is 9.29. The first-order valence-corrected chi connectivity index (χ1v) is 7.66. The zero-order valence-corrected chi connectivity index (χ0v) is 13.3. The maximum absolute atomic E-state index is 12.4. The van der Waals surface area contributed by atoms with Crippen LogP contribution in [0.4, 0.5) is 0 Å². The van der Waals surface area contributed by atoms with Crippen molar-refractivity contribution in [2.24, 2.45) is 0 Å². The Kier molecular flexibility index (Phi) is 4.12. The number of nitrogens with zero attached hydrogens (tertiary/aromatic N) is 1. The van der Waals surface area contributed by atoms with Crippen LogP contribution in [0.3, 0.4) is 0 Å². The molecule has 1 aromatic heterocycles. The molecule has 0 aliphatic carbocycles. The minimum Gasteiger partial charge on any atom is -0.493 e. The zero-order valence-electron chi connectivity index (χ0n) is 11.0. The molecule has 0 saturated carbocycles. The lowest BCUT2D eigenvalue weighted by Crippen LogP contribution is -2.32. The molecule has 6 heteroatoms. The third-order valence-electron chi connectivity index (χ3n) is 3.31. The first-order chi connectivity index (χ1) is 10.1. The normalized spacial score (nSPS) is 16.8. The molecule has 1 amide bonds. The summed E-state index contributed by atoms with van der Waals surface area (Å²) in [5, 5.41) is 3.19. The first kappa shape index (κ1) is 14.4. The fourth-order valence-electron chi connectivity index (χ4n) is 2.31. The Morgan fingerprint density at radius 2 is 2.24 bits per heavy atom. The third-order valence-corrected chi connectivity index (χ3v) is 4.05. The molecule has 2 heterocycles. The van der Waals surface area contributed by atoms with Crippen molar-refractivity contribution in [2.45, 2.75) is 12.5 Å². The Morgan fingerprint density at radius 1 is 1.43 bits per heavy atom. The predicted octanol–water partition coefficient (Wildman–Crippen LogP) is 3.75. The Labute approximate surface area is 135 Å². The van der Waals surface area contributed by atoms with Crippen LogP contribution in [-0.4, -0.2) is 17.5 Å². The van der Waals surface area contributed by atoms with Crippen LogP contribution in [0.1, 0.15) is 28.4 Å². The molecule has 0 radical (unpaired) electrons. The highest BCUT2D eigenvalue weighted by atomic mass is 79.9. The van der Waals surface area contributed by atoms with E-state index in [2.05, 4.69) is 26.2 Å². The van der Waals surface area contributed by atoms with Crippen molar-refractivity contribution < 1.29 is 9.53 Å². The van der Waals surface area contributed by atoms with Crippen LogP contribution in [-0.2, 0) is 0 Å². The van der Waals surface area contributed by atoms with Crippen molar-refractivity contribution in [3.05, 3.63) is 57.3 Å². The van der Waals surface area contributed by atoms with E-state index < -0.39 is 0 Å². The Morgan fingerprint density at radius 3 is 3.10 bits per heavy atom. The molecule has 1 unspecified atom stereocenters. The van der Waals surface area contributed by atoms with Gasteiger partial charge >= 0.3 is 0 Å². The van der Waals surface area contributed by atoms with Crippen molar-refractivity contribution in [3.63, 3.8) is 0 Å². The van der Waals surface area contributed by atoms with Crippen molar-refractivity contribution >= 4 is 33.4 Å². The fourth-order valence-corrected chi connectivity index (χ4v) is 2.83. The monoisotopic (exact) mass is 366 g/mol. The van der Waals surface area contributed by atoms with Crippen LogP contribution < -0.4 is 10.1 Å². The molecule has 3 rings (SSSR count). The van der Waals surface area contributed by atoms with Crippen molar-refractivity contribution in [2.75, 3.05) is 6.61 Å². The second-order valence-corrected chi connectivity index (χ2v) is 5.97. The SMILES string of the molecule is O=C(NC1CCOc2ccccc21)c1cc(Br)cnc1Cl. The maximum atomic E-state index is 12.4. The summed E-state index contributed by atoms with van der Waals surface area (Å²) in [6.07, 6.45) is 2.28. The molecule has 21 heavy (non-hydrogen) atoms. The first-order valence-electron chi connectivity index (χ1n) is 6.49. The smallest absolute Gasteiger partial charge is 0.254 e. The van der Waals surface area contributed by atoms with E-state index in [0.717, 1.165) is 17.7 Å². The number of hydrogen-bond acceptors (Lipinski definition) is 3. The number of ether oxygens (including phenoxy) is 1. The van der Waals surface area contributed by atoms with E-state index in [1.165, 1.54) is 0 Å². The van der Waals surface area contributed by atoms with E-state index in [0.29, 0.717) is 16.6 Å². The van der Waals surface area contributed by atoms with Gasteiger partial charge in [0.15, 0.2) is 0 Å². The molecule has 1 aliphatic heterocycles. The van der Waals surface area contributed by atoms with E-state index in [4.69, 9.17) is 16.3 Å². The Balaban J connectivity index is 1.84. The molecule has 1 atom stereocenters. The van der Waals surface area contributed by atoms with Crippen LogP contribution in [0.25, 0.3) is 0 Å². The summed E-state index contributed by atoms with van der Waals surface area (Å²) in [6.45, 7) is 0.576. The number of hydrogen-bond donors (Lipinski definition) is 1. The number of carbonyl (C=O) groups is 1. The Hall–Kier alpha value is -1.59. The number of rotatable bonds is 2. The lowest BCUT2D eigenvalue weighted by Gasteiger charge is -2.26. The molecule has 2 aromatic rings. The molecule has 108 valence electrons. The fraction of sp³-hybridized carbons (Fsp3) is 0.200. The average Bonchev–Trinajstić information content (AvgIpc) is 2.50. The van der Waals surface area contributed by atoms with E-state index in [1.807, 2.05) is 24.3 Å². The molecular formula is C15H12BrClN2O2. The number of benzene rings is 1. The topological polar surface area (TPSA) is 51.2 Å². The summed E-state index contributed by atoms with van der Waals surface area (Å²) in [5.74, 6) is 0.572. The van der Waals surface area contributed by atoms with Gasteiger partial charge in [0.05, 0.1) is 18.2 Å². The molecule has 0 saturated heterocycles. The summed E-state index contributed by atoms with van der Waals surface area (Å²) < 4.78 is 6.30. The van der Waals surface area contributed by atoms with Crippen LogP contribution in [0, 0.1) is 0 Å². The van der Waals surface area contributed by atoms with Crippen LogP contribution in [0.2, 0.25) is 5.15 Å². The number of amides is 1. The number of para-hydroxylation sites is 1. The minimum absolute atomic E-state index is 0.0856. The molecule has 1 aromatic carbocycles. The highest BCUT2D eigenvalue weighted by molar-refractivity contribution is 9.10. The number of carbonyl (C=O) groups excluding carboxylic acids is 1. The standard InChI is InChI=1S/C15H12BrClN2O2/c16-9-7-11(14(17)18-8-9)15(20)19-12-5-6-21-13-4-2-1-3-10(12)13/h1-4,7-8,12H,5-6H2,(H,19,20). The number of nitrogens with one attached hydrogen (secondary N) is 1. The summed E-state index contributed by atoms with van der Waals surface area (Å²) in [5.41, 5.74) is 1.34. The molecule has 4 nitrogen and oxygen atoms in total. The lowest BCUT2D eigenvalue weighted by molar-refractivity contribution is 0.0924. The molecule has 1 N–H and O–H groups in total.